The summed E-state index contributed by atoms with van der Waals surface area (Å²) in [5.74, 6) is 0. The van der Waals surface area contributed by atoms with E-state index in [1.807, 2.05) is 0 Å². The zero-order valence-electron chi connectivity index (χ0n) is 4.80. The lowest BCUT2D eigenvalue weighted by atomic mass is 10.7. The molecule has 0 aliphatic rings. The summed E-state index contributed by atoms with van der Waals surface area (Å²) in [6.07, 6.45) is 3.00. The second-order valence-corrected chi connectivity index (χ2v) is 3.40. The van der Waals surface area contributed by atoms with Gasteiger partial charge in [0.2, 0.25) is 0 Å². The molecule has 1 aromatic heterocycles. The van der Waals surface area contributed by atoms with Gasteiger partial charge >= 0.3 is 4.71 Å². The van der Waals surface area contributed by atoms with Gasteiger partial charge in [-0.2, -0.15) is 8.78 Å². The number of hydrogen-bond acceptors (Lipinski definition) is 1. The fraction of sp³-hybridized carbons (Fsp3) is 0.200. The molecule has 0 unspecified atom stereocenters. The van der Waals surface area contributed by atoms with Crippen molar-refractivity contribution in [3.05, 3.63) is 24.5 Å². The fourth-order valence-electron chi connectivity index (χ4n) is 0.499. The number of halogens is 3. The molecule has 1 rings (SSSR count). The number of aromatic nitrogens is 1. The number of hydrogen-bond donors (Lipinski definition) is 0. The van der Waals surface area contributed by atoms with E-state index in [-0.39, 0.29) is 11.9 Å². The second kappa shape index (κ2) is 2.80. The molecule has 0 fully saturated rings. The molecule has 0 aromatic carbocycles. The predicted octanol–water partition coefficient (Wildman–Crippen LogP) is 2.77. The molecular weight excluding hydrogens is 180 g/mol. The molecule has 1 heterocycles. The molecule has 5 heteroatoms. The van der Waals surface area contributed by atoms with Crippen LogP contribution in [0.15, 0.2) is 24.5 Å². The maximum atomic E-state index is 12.0. The Hall–Kier alpha value is -0.220. The number of alkyl halides is 3. The minimum Gasteiger partial charge on any atom is -0.293 e. The zero-order chi connectivity index (χ0) is 7.61. The highest BCUT2D eigenvalue weighted by Crippen LogP contribution is 2.33. The van der Waals surface area contributed by atoms with E-state index < -0.39 is 4.71 Å². The van der Waals surface area contributed by atoms with Gasteiger partial charge in [-0.15, -0.1) is 0 Å². The summed E-state index contributed by atoms with van der Waals surface area (Å²) in [5, 5.41) is 0. The van der Waals surface area contributed by atoms with Crippen LogP contribution in [-0.4, -0.2) is 8.69 Å². The molecule has 10 heavy (non-hydrogen) atoms. The molecule has 0 atom stereocenters. The molecule has 56 valence electrons. The SMILES string of the molecule is FC(F)(Cl)Sn1cccc1. The molecule has 0 saturated heterocycles. The first kappa shape index (κ1) is 7.88. The van der Waals surface area contributed by atoms with E-state index >= 15 is 0 Å². The Bertz CT molecular complexity index is 194. The quantitative estimate of drug-likeness (QED) is 0.639. The number of rotatable bonds is 2. The third-order valence-electron chi connectivity index (χ3n) is 0.786. The van der Waals surface area contributed by atoms with Crippen LogP contribution in [0.2, 0.25) is 0 Å². The van der Waals surface area contributed by atoms with Crippen molar-refractivity contribution in [1.82, 2.24) is 3.97 Å². The summed E-state index contributed by atoms with van der Waals surface area (Å²) >= 11 is 4.89. The van der Waals surface area contributed by atoms with E-state index in [1.54, 1.807) is 12.1 Å². The van der Waals surface area contributed by atoms with Crippen LogP contribution in [0.1, 0.15) is 0 Å². The monoisotopic (exact) mass is 183 g/mol. The van der Waals surface area contributed by atoms with Crippen LogP contribution in [0.25, 0.3) is 0 Å². The van der Waals surface area contributed by atoms with E-state index in [4.69, 9.17) is 0 Å². The molecule has 1 aromatic rings. The van der Waals surface area contributed by atoms with Gasteiger partial charge in [-0.3, -0.25) is 3.97 Å². The summed E-state index contributed by atoms with van der Waals surface area (Å²) in [6.45, 7) is 0. The maximum absolute atomic E-state index is 12.0. The highest BCUT2D eigenvalue weighted by atomic mass is 35.5. The van der Waals surface area contributed by atoms with Crippen molar-refractivity contribution in [2.75, 3.05) is 0 Å². The Kier molecular flexibility index (Phi) is 2.21. The fourth-order valence-corrected chi connectivity index (χ4v) is 1.24. The van der Waals surface area contributed by atoms with Gasteiger partial charge in [0.15, 0.2) is 0 Å². The van der Waals surface area contributed by atoms with Crippen LogP contribution in [0.3, 0.4) is 0 Å². The summed E-state index contributed by atoms with van der Waals surface area (Å²) in [7, 11) is 0. The van der Waals surface area contributed by atoms with Crippen molar-refractivity contribution < 1.29 is 8.78 Å². The summed E-state index contributed by atoms with van der Waals surface area (Å²) in [6, 6.07) is 3.30. The van der Waals surface area contributed by atoms with Crippen LogP contribution >= 0.6 is 23.5 Å². The van der Waals surface area contributed by atoms with Crippen molar-refractivity contribution in [2.45, 2.75) is 4.71 Å². The maximum Gasteiger partial charge on any atom is 0.390 e. The van der Waals surface area contributed by atoms with Crippen LogP contribution in [-0.2, 0) is 0 Å². The Balaban J connectivity index is 2.57. The van der Waals surface area contributed by atoms with Gasteiger partial charge in [0, 0.05) is 24.3 Å². The van der Waals surface area contributed by atoms with Crippen molar-refractivity contribution in [1.29, 1.82) is 0 Å². The highest BCUT2D eigenvalue weighted by Gasteiger charge is 2.26. The summed E-state index contributed by atoms with van der Waals surface area (Å²) in [4.78, 5) is 0. The van der Waals surface area contributed by atoms with Gasteiger partial charge in [0.05, 0.1) is 0 Å². The Morgan fingerprint density at radius 1 is 1.30 bits per heavy atom. The molecule has 0 amide bonds. The summed E-state index contributed by atoms with van der Waals surface area (Å²) in [5.41, 5.74) is 0. The van der Waals surface area contributed by atoms with Gasteiger partial charge in [-0.1, -0.05) is 0 Å². The Morgan fingerprint density at radius 2 is 1.80 bits per heavy atom. The molecule has 0 aliphatic heterocycles. The van der Waals surface area contributed by atoms with Crippen molar-refractivity contribution in [3.8, 4) is 0 Å². The lowest BCUT2D eigenvalue weighted by molar-refractivity contribution is 0.202. The Labute approximate surface area is 66.1 Å². The molecule has 0 aliphatic carbocycles. The second-order valence-electron chi connectivity index (χ2n) is 1.58. The lowest BCUT2D eigenvalue weighted by Gasteiger charge is -2.05. The highest BCUT2D eigenvalue weighted by molar-refractivity contribution is 8.00. The minimum atomic E-state index is -3.22. The van der Waals surface area contributed by atoms with E-state index in [0.29, 0.717) is 0 Å². The smallest absolute Gasteiger partial charge is 0.293 e. The van der Waals surface area contributed by atoms with Gasteiger partial charge in [-0.05, 0) is 23.7 Å². The third-order valence-corrected chi connectivity index (χ3v) is 1.65. The predicted molar refractivity (Wildman–Crippen MR) is 38.2 cm³/mol. The van der Waals surface area contributed by atoms with E-state index in [1.165, 1.54) is 16.4 Å². The Morgan fingerprint density at radius 3 is 2.20 bits per heavy atom. The largest absolute Gasteiger partial charge is 0.390 e. The van der Waals surface area contributed by atoms with E-state index in [9.17, 15) is 8.78 Å². The van der Waals surface area contributed by atoms with E-state index in [0.717, 1.165) is 0 Å². The van der Waals surface area contributed by atoms with E-state index in [2.05, 4.69) is 11.6 Å². The van der Waals surface area contributed by atoms with Crippen LogP contribution < -0.4 is 0 Å². The molecule has 0 spiro atoms. The molecule has 0 radical (unpaired) electrons. The van der Waals surface area contributed by atoms with Crippen LogP contribution in [0.5, 0.6) is 0 Å². The first-order chi connectivity index (χ1) is 4.58. The number of nitrogens with zero attached hydrogens (tertiary/aromatic N) is 1. The molecule has 0 bridgehead atoms. The van der Waals surface area contributed by atoms with Crippen molar-refractivity contribution in [2.24, 2.45) is 0 Å². The van der Waals surface area contributed by atoms with Crippen molar-refractivity contribution in [3.63, 3.8) is 0 Å². The molecule has 0 saturated carbocycles. The lowest BCUT2D eigenvalue weighted by Crippen LogP contribution is -2.01. The average molecular weight is 184 g/mol. The standard InChI is InChI=1S/C5H4ClF2NS/c6-5(7,8)10-9-3-1-2-4-9/h1-4H. The summed E-state index contributed by atoms with van der Waals surface area (Å²) < 4.78 is 22.0. The minimum absolute atomic E-state index is 0.256. The normalized spacial score (nSPS) is 11.9. The van der Waals surface area contributed by atoms with Gasteiger partial charge in [-0.25, -0.2) is 0 Å². The third kappa shape index (κ3) is 2.58. The zero-order valence-corrected chi connectivity index (χ0v) is 6.37. The van der Waals surface area contributed by atoms with Crippen LogP contribution in [0, 0.1) is 0 Å². The topological polar surface area (TPSA) is 4.93 Å². The first-order valence-corrected chi connectivity index (χ1v) is 3.62. The van der Waals surface area contributed by atoms with Gasteiger partial charge in [0.1, 0.15) is 0 Å². The molecule has 1 nitrogen and oxygen atoms in total. The van der Waals surface area contributed by atoms with Gasteiger partial charge in [0.25, 0.3) is 0 Å². The van der Waals surface area contributed by atoms with Gasteiger partial charge < -0.3 is 0 Å². The van der Waals surface area contributed by atoms with Crippen LogP contribution in [0.4, 0.5) is 8.78 Å². The molecule has 0 N–H and O–H groups in total. The average Bonchev–Trinajstić information content (AvgIpc) is 2.12. The molecular formula is C5H4ClF2NS. The van der Waals surface area contributed by atoms with Crippen molar-refractivity contribution >= 4 is 23.5 Å². The first-order valence-electron chi connectivity index (χ1n) is 2.47.